The first-order valence-electron chi connectivity index (χ1n) is 5.99. The number of unbranched alkanes of at least 4 members (excludes halogenated alkanes) is 6. The zero-order valence-corrected chi connectivity index (χ0v) is 12.0. The molecular weight excluding hydrogens is 200 g/mol. The Morgan fingerprint density at radius 1 is 0.600 bits per heavy atom. The molecule has 0 radical (unpaired) electrons. The van der Waals surface area contributed by atoms with E-state index in [9.17, 15) is 10.2 Å². The second kappa shape index (κ2) is 24.1. The van der Waals surface area contributed by atoms with Crippen molar-refractivity contribution in [3.05, 3.63) is 0 Å². The maximum Gasteiger partial charge on any atom is 2.00 e. The van der Waals surface area contributed by atoms with E-state index in [1.54, 1.807) is 0 Å². The van der Waals surface area contributed by atoms with Crippen LogP contribution in [-0.4, -0.2) is 36.3 Å². The molecule has 0 rings (SSSR count). The molecule has 0 aliphatic heterocycles. The van der Waals surface area contributed by atoms with Crippen molar-refractivity contribution < 1.29 is 10.2 Å². The molecule has 88 valence electrons. The monoisotopic (exact) mass is 226 g/mol. The molecule has 0 aliphatic rings. The van der Waals surface area contributed by atoms with Crippen molar-refractivity contribution in [2.24, 2.45) is 0 Å². The largest absolute Gasteiger partial charge is 2.00 e. The summed E-state index contributed by atoms with van der Waals surface area (Å²) in [6, 6.07) is 0. The van der Waals surface area contributed by atoms with E-state index < -0.39 is 0 Å². The van der Waals surface area contributed by atoms with Crippen LogP contribution in [0.5, 0.6) is 0 Å². The molecule has 0 heterocycles. The second-order valence-electron chi connectivity index (χ2n) is 3.53. The van der Waals surface area contributed by atoms with Crippen LogP contribution in [0.15, 0.2) is 0 Å². The predicted octanol–water partition coefficient (Wildman–Crippen LogP) is 1.47. The molecule has 0 aliphatic carbocycles. The van der Waals surface area contributed by atoms with Crippen LogP contribution >= 0.6 is 0 Å². The van der Waals surface area contributed by atoms with E-state index in [1.807, 2.05) is 0 Å². The van der Waals surface area contributed by atoms with Gasteiger partial charge in [0.25, 0.3) is 0 Å². The van der Waals surface area contributed by atoms with Crippen molar-refractivity contribution in [3.8, 4) is 0 Å². The molecule has 0 aromatic heterocycles. The normalized spacial score (nSPS) is 8.80. The van der Waals surface area contributed by atoms with E-state index in [0.717, 1.165) is 25.7 Å². The third-order valence-electron chi connectivity index (χ3n) is 2.00. The van der Waals surface area contributed by atoms with Crippen molar-refractivity contribution >= 4 is 23.1 Å². The van der Waals surface area contributed by atoms with Crippen LogP contribution in [0.1, 0.15) is 65.2 Å². The van der Waals surface area contributed by atoms with E-state index in [2.05, 4.69) is 13.8 Å². The average molecular weight is 227 g/mol. The van der Waals surface area contributed by atoms with Gasteiger partial charge >= 0.3 is 23.1 Å². The number of hydrogen-bond donors (Lipinski definition) is 0. The Labute approximate surface area is 112 Å². The summed E-state index contributed by atoms with van der Waals surface area (Å²) < 4.78 is 0. The van der Waals surface area contributed by atoms with Crippen molar-refractivity contribution in [3.63, 3.8) is 0 Å². The number of hydrogen-bond acceptors (Lipinski definition) is 2. The van der Waals surface area contributed by atoms with E-state index in [-0.39, 0.29) is 36.3 Å². The molecule has 0 amide bonds. The Hall–Kier alpha value is 0.686. The molecule has 0 saturated carbocycles. The topological polar surface area (TPSA) is 46.1 Å². The first-order chi connectivity index (χ1) is 6.83. The molecule has 0 fully saturated rings. The summed E-state index contributed by atoms with van der Waals surface area (Å²) in [5.41, 5.74) is 0. The summed E-state index contributed by atoms with van der Waals surface area (Å²) in [7, 11) is 0. The van der Waals surface area contributed by atoms with Gasteiger partial charge in [0.05, 0.1) is 0 Å². The Kier molecular flexibility index (Phi) is 33.8. The van der Waals surface area contributed by atoms with Crippen molar-refractivity contribution in [2.45, 2.75) is 65.2 Å². The van der Waals surface area contributed by atoms with Gasteiger partial charge in [0.15, 0.2) is 0 Å². The fourth-order valence-electron chi connectivity index (χ4n) is 1.06. The summed E-state index contributed by atoms with van der Waals surface area (Å²) >= 11 is 0. The van der Waals surface area contributed by atoms with Gasteiger partial charge in [-0.25, -0.2) is 0 Å². The molecule has 0 aromatic rings. The molecule has 0 atom stereocenters. The van der Waals surface area contributed by atoms with Gasteiger partial charge in [0.1, 0.15) is 0 Å². The van der Waals surface area contributed by atoms with E-state index in [1.165, 1.54) is 25.7 Å². The first kappa shape index (κ1) is 21.0. The predicted molar refractivity (Wildman–Crippen MR) is 63.8 cm³/mol. The van der Waals surface area contributed by atoms with E-state index in [0.29, 0.717) is 0 Å². The van der Waals surface area contributed by atoms with Crippen molar-refractivity contribution in [2.75, 3.05) is 13.2 Å². The molecule has 0 N–H and O–H groups in total. The zero-order chi connectivity index (χ0) is 11.1. The summed E-state index contributed by atoms with van der Waals surface area (Å²) in [5, 5.41) is 19.6. The average Bonchev–Trinajstić information content (AvgIpc) is 2.21. The zero-order valence-electron chi connectivity index (χ0n) is 10.6. The SMILES string of the molecule is CCCCCC[O-].CCCCCC[O-].[Mg+2]. The van der Waals surface area contributed by atoms with Crippen LogP contribution in [0.4, 0.5) is 0 Å². The first-order valence-corrected chi connectivity index (χ1v) is 5.99. The maximum atomic E-state index is 9.80. The molecule has 0 aromatic carbocycles. The molecule has 0 unspecified atom stereocenters. The van der Waals surface area contributed by atoms with Gasteiger partial charge in [-0.3, -0.25) is 0 Å². The minimum absolute atomic E-state index is 0. The summed E-state index contributed by atoms with van der Waals surface area (Å²) in [5.74, 6) is 0. The Morgan fingerprint density at radius 2 is 0.933 bits per heavy atom. The molecule has 15 heavy (non-hydrogen) atoms. The van der Waals surface area contributed by atoms with Crippen LogP contribution < -0.4 is 10.2 Å². The van der Waals surface area contributed by atoms with Gasteiger partial charge in [-0.05, 0) is 0 Å². The Balaban J connectivity index is -0.000000180. The van der Waals surface area contributed by atoms with Gasteiger partial charge in [-0.15, -0.1) is 13.2 Å². The maximum absolute atomic E-state index is 9.80. The summed E-state index contributed by atoms with van der Waals surface area (Å²) in [6.45, 7) is 4.51. The molecule has 0 spiro atoms. The third-order valence-corrected chi connectivity index (χ3v) is 2.00. The van der Waals surface area contributed by atoms with Gasteiger partial charge in [0, 0.05) is 0 Å². The van der Waals surface area contributed by atoms with E-state index >= 15 is 0 Å². The van der Waals surface area contributed by atoms with Gasteiger partial charge in [0.2, 0.25) is 0 Å². The molecule has 3 heteroatoms. The fourth-order valence-corrected chi connectivity index (χ4v) is 1.06. The Bertz CT molecular complexity index is 62.0. The quantitative estimate of drug-likeness (QED) is 0.465. The Morgan fingerprint density at radius 3 is 1.13 bits per heavy atom. The minimum atomic E-state index is 0. The van der Waals surface area contributed by atoms with Crippen LogP contribution in [0.2, 0.25) is 0 Å². The van der Waals surface area contributed by atoms with Crippen LogP contribution in [-0.2, 0) is 0 Å². The molecule has 0 bridgehead atoms. The van der Waals surface area contributed by atoms with Crippen molar-refractivity contribution in [1.82, 2.24) is 0 Å². The second-order valence-corrected chi connectivity index (χ2v) is 3.53. The minimum Gasteiger partial charge on any atom is -0.854 e. The van der Waals surface area contributed by atoms with Crippen LogP contribution in [0.25, 0.3) is 0 Å². The van der Waals surface area contributed by atoms with Crippen LogP contribution in [0, 0.1) is 0 Å². The third kappa shape index (κ3) is 31.3. The number of rotatable bonds is 8. The standard InChI is InChI=1S/2C6H13O.Mg/c2*1-2-3-4-5-6-7;/h2*2-6H2,1H3;/q2*-1;+2. The fraction of sp³-hybridized carbons (Fsp3) is 1.00. The van der Waals surface area contributed by atoms with E-state index in [4.69, 9.17) is 0 Å². The van der Waals surface area contributed by atoms with Gasteiger partial charge < -0.3 is 10.2 Å². The molecule has 2 nitrogen and oxygen atoms in total. The van der Waals surface area contributed by atoms with Gasteiger partial charge in [-0.1, -0.05) is 65.2 Å². The summed E-state index contributed by atoms with van der Waals surface area (Å²) in [6.07, 6.45) is 8.88. The van der Waals surface area contributed by atoms with Gasteiger partial charge in [-0.2, -0.15) is 0 Å². The summed E-state index contributed by atoms with van der Waals surface area (Å²) in [4.78, 5) is 0. The molecular formula is C12H26MgO2. The van der Waals surface area contributed by atoms with Crippen LogP contribution in [0.3, 0.4) is 0 Å². The molecule has 0 saturated heterocycles. The smallest absolute Gasteiger partial charge is 0.854 e. The van der Waals surface area contributed by atoms with Crippen molar-refractivity contribution in [1.29, 1.82) is 0 Å².